The minimum Gasteiger partial charge on any atom is -0.545 e. The minimum atomic E-state index is -4.35. The van der Waals surface area contributed by atoms with Gasteiger partial charge >= 0.3 is 6.18 Å². The number of hydrogen-bond donors (Lipinski definition) is 0. The molecule has 46 heavy (non-hydrogen) atoms. The second-order valence-corrected chi connectivity index (χ2v) is 11.8. The maximum atomic E-state index is 13.2. The summed E-state index contributed by atoms with van der Waals surface area (Å²) in [6.07, 6.45) is -0.347. The summed E-state index contributed by atoms with van der Waals surface area (Å²) in [5, 5.41) is 18.8. The van der Waals surface area contributed by atoms with Crippen molar-refractivity contribution in [3.63, 3.8) is 0 Å². The van der Waals surface area contributed by atoms with E-state index in [0.29, 0.717) is 48.8 Å². The van der Waals surface area contributed by atoms with Gasteiger partial charge in [-0.05, 0) is 70.4 Å². The van der Waals surface area contributed by atoms with Crippen molar-refractivity contribution in [3.8, 4) is 0 Å². The molecule has 11 nitrogen and oxygen atoms in total. The SMILES string of the molecule is COC[C@@H](c1ccc(C(F)(F)F)cc1)N1CCN(C2(C)CCN(C(=O)c3c(C)ncnc3C)CC2)C[C@@H]1C.O=C([O-])/C=C\C(=O)[O-]. The van der Waals surface area contributed by atoms with Crippen LogP contribution in [0, 0.1) is 13.8 Å². The molecule has 1 aromatic carbocycles. The Morgan fingerprint density at radius 3 is 2.00 bits per heavy atom. The summed E-state index contributed by atoms with van der Waals surface area (Å²) < 4.78 is 44.7. The van der Waals surface area contributed by atoms with Crippen molar-refractivity contribution in [1.29, 1.82) is 0 Å². The van der Waals surface area contributed by atoms with Crippen LogP contribution in [0.5, 0.6) is 0 Å². The Labute approximate surface area is 266 Å². The monoisotopic (exact) mass is 647 g/mol. The van der Waals surface area contributed by atoms with Crippen molar-refractivity contribution in [3.05, 3.63) is 70.8 Å². The largest absolute Gasteiger partial charge is 0.545 e. The molecule has 252 valence electrons. The van der Waals surface area contributed by atoms with Crippen molar-refractivity contribution in [2.45, 2.75) is 64.3 Å². The van der Waals surface area contributed by atoms with Gasteiger partial charge in [0.15, 0.2) is 0 Å². The zero-order valence-corrected chi connectivity index (χ0v) is 26.7. The van der Waals surface area contributed by atoms with E-state index in [2.05, 4.69) is 33.6 Å². The lowest BCUT2D eigenvalue weighted by atomic mass is 9.86. The number of piperidine rings is 1. The summed E-state index contributed by atoms with van der Waals surface area (Å²) in [4.78, 5) is 47.2. The predicted molar refractivity (Wildman–Crippen MR) is 158 cm³/mol. The number of benzene rings is 1. The van der Waals surface area contributed by atoms with Crippen LogP contribution in [0.1, 0.15) is 65.6 Å². The number of aliphatic carboxylic acids is 2. The number of methoxy groups -OCH3 is 1. The van der Waals surface area contributed by atoms with Crippen LogP contribution in [0.3, 0.4) is 0 Å². The zero-order valence-electron chi connectivity index (χ0n) is 26.7. The Morgan fingerprint density at radius 2 is 1.54 bits per heavy atom. The van der Waals surface area contributed by atoms with Crippen molar-refractivity contribution < 1.29 is 42.5 Å². The Kier molecular flexibility index (Phi) is 12.4. The van der Waals surface area contributed by atoms with E-state index in [4.69, 9.17) is 4.74 Å². The van der Waals surface area contributed by atoms with Crippen LogP contribution >= 0.6 is 0 Å². The van der Waals surface area contributed by atoms with Crippen molar-refractivity contribution in [2.75, 3.05) is 46.4 Å². The number of halogens is 3. The van der Waals surface area contributed by atoms with Crippen LogP contribution in [-0.4, -0.2) is 101 Å². The second kappa shape index (κ2) is 15.6. The molecule has 2 atom stereocenters. The number of carboxylic acids is 2. The molecular weight excluding hydrogens is 607 g/mol. The fourth-order valence-electron chi connectivity index (χ4n) is 6.07. The fraction of sp³-hybridized carbons (Fsp3) is 0.531. The third kappa shape index (κ3) is 9.33. The van der Waals surface area contributed by atoms with Crippen LogP contribution in [0.4, 0.5) is 13.2 Å². The van der Waals surface area contributed by atoms with E-state index in [1.165, 1.54) is 6.33 Å². The molecule has 2 aliphatic heterocycles. The smallest absolute Gasteiger partial charge is 0.416 e. The molecule has 2 aliphatic rings. The number of aromatic nitrogens is 2. The molecule has 0 bridgehead atoms. The van der Waals surface area contributed by atoms with Gasteiger partial charge in [0.05, 0.1) is 47.1 Å². The minimum absolute atomic E-state index is 0.000198. The first-order chi connectivity index (χ1) is 21.6. The Balaban J connectivity index is 0.000000637. The lowest BCUT2D eigenvalue weighted by molar-refractivity contribution is -0.301. The number of ether oxygens (including phenoxy) is 1. The highest BCUT2D eigenvalue weighted by Crippen LogP contribution is 2.35. The summed E-state index contributed by atoms with van der Waals surface area (Å²) in [5.41, 5.74) is 2.18. The normalized spacial score (nSPS) is 19.7. The number of nitrogens with zero attached hydrogens (tertiary/aromatic N) is 5. The van der Waals surface area contributed by atoms with Gasteiger partial charge in [-0.15, -0.1) is 0 Å². The molecule has 1 amide bonds. The number of alkyl halides is 3. The van der Waals surface area contributed by atoms with Gasteiger partial charge < -0.3 is 29.4 Å². The molecule has 0 aliphatic carbocycles. The fourth-order valence-corrected chi connectivity index (χ4v) is 6.07. The molecule has 2 aromatic rings. The summed E-state index contributed by atoms with van der Waals surface area (Å²) in [5.74, 6) is -3.09. The summed E-state index contributed by atoms with van der Waals surface area (Å²) in [6, 6.07) is 5.52. The van der Waals surface area contributed by atoms with E-state index in [1.54, 1.807) is 19.2 Å². The molecule has 1 aromatic heterocycles. The van der Waals surface area contributed by atoms with E-state index >= 15 is 0 Å². The van der Waals surface area contributed by atoms with Crippen LogP contribution < -0.4 is 10.2 Å². The van der Waals surface area contributed by atoms with Gasteiger partial charge in [-0.3, -0.25) is 14.6 Å². The molecular formula is C32H40F3N5O6-2. The highest BCUT2D eigenvalue weighted by Gasteiger charge is 2.41. The van der Waals surface area contributed by atoms with Gasteiger partial charge in [-0.2, -0.15) is 13.2 Å². The maximum Gasteiger partial charge on any atom is 0.416 e. The van der Waals surface area contributed by atoms with Crippen LogP contribution in [0.2, 0.25) is 0 Å². The van der Waals surface area contributed by atoms with E-state index in [0.717, 1.165) is 50.2 Å². The highest BCUT2D eigenvalue weighted by molar-refractivity contribution is 5.96. The predicted octanol–water partition coefficient (Wildman–Crippen LogP) is 1.54. The van der Waals surface area contributed by atoms with Gasteiger partial charge in [-0.25, -0.2) is 9.97 Å². The Morgan fingerprint density at radius 1 is 1.00 bits per heavy atom. The van der Waals surface area contributed by atoms with Crippen molar-refractivity contribution >= 4 is 17.8 Å². The average Bonchev–Trinajstić information content (AvgIpc) is 2.99. The zero-order chi connectivity index (χ0) is 34.2. The third-order valence-electron chi connectivity index (χ3n) is 8.71. The maximum absolute atomic E-state index is 13.2. The van der Waals surface area contributed by atoms with Crippen LogP contribution in [-0.2, 0) is 20.5 Å². The van der Waals surface area contributed by atoms with Gasteiger partial charge in [0, 0.05) is 51.4 Å². The number of rotatable bonds is 8. The van der Waals surface area contributed by atoms with Crippen LogP contribution in [0.15, 0.2) is 42.7 Å². The quantitative estimate of drug-likeness (QED) is 0.388. The highest BCUT2D eigenvalue weighted by atomic mass is 19.4. The Hall–Kier alpha value is -3.88. The number of carbonyl (C=O) groups excluding carboxylic acids is 3. The van der Waals surface area contributed by atoms with Crippen molar-refractivity contribution in [2.24, 2.45) is 0 Å². The number of carbonyl (C=O) groups is 3. The van der Waals surface area contributed by atoms with Gasteiger partial charge in [-0.1, -0.05) is 12.1 Å². The van der Waals surface area contributed by atoms with E-state index in [-0.39, 0.29) is 23.5 Å². The van der Waals surface area contributed by atoms with E-state index in [1.807, 2.05) is 18.7 Å². The van der Waals surface area contributed by atoms with Crippen LogP contribution in [0.25, 0.3) is 0 Å². The average molecular weight is 648 g/mol. The molecule has 0 radical (unpaired) electrons. The lowest BCUT2D eigenvalue weighted by Gasteiger charge is -2.52. The number of piperazine rings is 1. The molecule has 0 saturated carbocycles. The standard InChI is InChI=1S/C28H38F3N5O2.C4H4O4/c1-19-16-35(14-15-36(19)24(17-38-5)22-6-8-23(9-7-22)28(29,30)31)27(4)10-12-34(13-11-27)26(37)25-20(2)32-18-33-21(25)3;5-3(6)1-2-4(7)8/h6-9,18-19,24H,10-17H2,1-5H3;1-2H,(H,5,6)(H,7,8)/p-2/b;2-1-/t19-,24-;/m0./s1. The first-order valence-corrected chi connectivity index (χ1v) is 14.9. The molecule has 0 N–H and O–H groups in total. The molecule has 3 heterocycles. The molecule has 0 spiro atoms. The molecule has 2 fully saturated rings. The van der Waals surface area contributed by atoms with E-state index < -0.39 is 23.7 Å². The van der Waals surface area contributed by atoms with Crippen molar-refractivity contribution in [1.82, 2.24) is 24.7 Å². The second-order valence-electron chi connectivity index (χ2n) is 11.8. The lowest BCUT2D eigenvalue weighted by Crippen LogP contribution is -2.62. The molecule has 2 saturated heterocycles. The first-order valence-electron chi connectivity index (χ1n) is 14.9. The number of hydrogen-bond acceptors (Lipinski definition) is 10. The number of likely N-dealkylation sites (tertiary alicyclic amines) is 1. The van der Waals surface area contributed by atoms with E-state index in [9.17, 15) is 37.8 Å². The number of carboxylic acid groups (broad SMARTS) is 2. The van der Waals surface area contributed by atoms with Gasteiger partial charge in [0.25, 0.3) is 5.91 Å². The molecule has 14 heteroatoms. The number of amides is 1. The number of aryl methyl sites for hydroxylation is 2. The summed E-state index contributed by atoms with van der Waals surface area (Å²) in [6.45, 7) is 12.4. The molecule has 0 unspecified atom stereocenters. The third-order valence-corrected chi connectivity index (χ3v) is 8.71. The summed E-state index contributed by atoms with van der Waals surface area (Å²) >= 11 is 0. The van der Waals surface area contributed by atoms with Gasteiger partial charge in [0.1, 0.15) is 6.33 Å². The first kappa shape index (κ1) is 36.6. The summed E-state index contributed by atoms with van der Waals surface area (Å²) in [7, 11) is 1.62. The topological polar surface area (TPSA) is 142 Å². The van der Waals surface area contributed by atoms with Gasteiger partial charge in [0.2, 0.25) is 0 Å². The Bertz CT molecular complexity index is 1360. The molecule has 4 rings (SSSR count).